The molecule has 1 nitrogen and oxygen atoms in total. The minimum absolute atomic E-state index is 0.441. The third-order valence-corrected chi connectivity index (χ3v) is 5.10. The fraction of sp³-hybridized carbons (Fsp3) is 0.333. The summed E-state index contributed by atoms with van der Waals surface area (Å²) in [5, 5.41) is 0.441. The number of hydrogen-bond donors (Lipinski definition) is 0. The van der Waals surface area contributed by atoms with Crippen molar-refractivity contribution in [3.8, 4) is 0 Å². The molecular weight excluding hydrogens is 264 g/mol. The van der Waals surface area contributed by atoms with E-state index in [0.717, 1.165) is 13.0 Å². The molecule has 2 heteroatoms. The summed E-state index contributed by atoms with van der Waals surface area (Å²) in [6.45, 7) is 5.17. The van der Waals surface area contributed by atoms with Crippen LogP contribution in [-0.4, -0.2) is 13.7 Å². The predicted molar refractivity (Wildman–Crippen MR) is 87.4 cm³/mol. The SMILES string of the molecule is COCCC(Sc1c(C)cccc1C)c1ccccc1. The zero-order chi connectivity index (χ0) is 14.4. The number of aryl methyl sites for hydroxylation is 2. The minimum Gasteiger partial charge on any atom is -0.385 e. The van der Waals surface area contributed by atoms with E-state index >= 15 is 0 Å². The van der Waals surface area contributed by atoms with Crippen molar-refractivity contribution in [3.05, 3.63) is 65.2 Å². The Morgan fingerprint density at radius 1 is 0.950 bits per heavy atom. The highest BCUT2D eigenvalue weighted by atomic mass is 32.2. The number of benzene rings is 2. The molecule has 0 radical (unpaired) electrons. The van der Waals surface area contributed by atoms with Crippen LogP contribution in [0.25, 0.3) is 0 Å². The van der Waals surface area contributed by atoms with Gasteiger partial charge in [-0.1, -0.05) is 48.5 Å². The average molecular weight is 286 g/mol. The van der Waals surface area contributed by atoms with Crippen LogP contribution in [-0.2, 0) is 4.74 Å². The standard InChI is InChI=1S/C18H22OS/c1-14-8-7-9-15(2)18(14)20-17(12-13-19-3)16-10-5-4-6-11-16/h4-11,17H,12-13H2,1-3H3. The number of methoxy groups -OCH3 is 1. The Kier molecular flexibility index (Phi) is 5.69. The molecule has 0 aliphatic heterocycles. The van der Waals surface area contributed by atoms with E-state index in [1.165, 1.54) is 21.6 Å². The Hall–Kier alpha value is -1.25. The van der Waals surface area contributed by atoms with Crippen molar-refractivity contribution < 1.29 is 4.74 Å². The maximum absolute atomic E-state index is 5.28. The molecule has 1 unspecified atom stereocenters. The van der Waals surface area contributed by atoms with Crippen molar-refractivity contribution in [2.75, 3.05) is 13.7 Å². The van der Waals surface area contributed by atoms with Gasteiger partial charge in [0.15, 0.2) is 0 Å². The summed E-state index contributed by atoms with van der Waals surface area (Å²) >= 11 is 1.95. The van der Waals surface area contributed by atoms with Crippen LogP contribution in [0.4, 0.5) is 0 Å². The van der Waals surface area contributed by atoms with E-state index in [9.17, 15) is 0 Å². The van der Waals surface area contributed by atoms with Crippen molar-refractivity contribution in [3.63, 3.8) is 0 Å². The molecule has 20 heavy (non-hydrogen) atoms. The topological polar surface area (TPSA) is 9.23 Å². The molecule has 0 aliphatic rings. The molecule has 1 atom stereocenters. The number of rotatable bonds is 6. The Bertz CT molecular complexity index is 516. The molecule has 0 heterocycles. The second-order valence-corrected chi connectivity index (χ2v) is 6.23. The zero-order valence-electron chi connectivity index (χ0n) is 12.4. The van der Waals surface area contributed by atoms with Gasteiger partial charge in [0, 0.05) is 23.9 Å². The normalized spacial score (nSPS) is 12.3. The maximum Gasteiger partial charge on any atom is 0.0476 e. The van der Waals surface area contributed by atoms with Gasteiger partial charge in [-0.2, -0.15) is 0 Å². The van der Waals surface area contributed by atoms with Gasteiger partial charge in [-0.15, -0.1) is 11.8 Å². The van der Waals surface area contributed by atoms with Crippen molar-refractivity contribution in [1.29, 1.82) is 0 Å². The molecule has 0 aliphatic carbocycles. The van der Waals surface area contributed by atoms with Crippen molar-refractivity contribution in [1.82, 2.24) is 0 Å². The lowest BCUT2D eigenvalue weighted by molar-refractivity contribution is 0.194. The molecule has 0 aromatic heterocycles. The first kappa shape index (κ1) is 15.1. The molecule has 106 valence electrons. The second kappa shape index (κ2) is 7.51. The van der Waals surface area contributed by atoms with Crippen LogP contribution >= 0.6 is 11.8 Å². The molecule has 0 saturated heterocycles. The Morgan fingerprint density at radius 3 is 2.20 bits per heavy atom. The van der Waals surface area contributed by atoms with E-state index in [1.54, 1.807) is 7.11 Å². The molecular formula is C18H22OS. The highest BCUT2D eigenvalue weighted by molar-refractivity contribution is 7.99. The van der Waals surface area contributed by atoms with Gasteiger partial charge >= 0.3 is 0 Å². The summed E-state index contributed by atoms with van der Waals surface area (Å²) in [4.78, 5) is 1.40. The van der Waals surface area contributed by atoms with Gasteiger partial charge in [0.25, 0.3) is 0 Å². The Morgan fingerprint density at radius 2 is 1.60 bits per heavy atom. The van der Waals surface area contributed by atoms with E-state index in [0.29, 0.717) is 5.25 Å². The lowest BCUT2D eigenvalue weighted by Gasteiger charge is -2.19. The van der Waals surface area contributed by atoms with Gasteiger partial charge in [-0.25, -0.2) is 0 Å². The highest BCUT2D eigenvalue weighted by Crippen LogP contribution is 2.40. The van der Waals surface area contributed by atoms with E-state index in [-0.39, 0.29) is 0 Å². The number of hydrogen-bond acceptors (Lipinski definition) is 2. The molecule has 0 spiro atoms. The smallest absolute Gasteiger partial charge is 0.0476 e. The van der Waals surface area contributed by atoms with Crippen molar-refractivity contribution in [2.24, 2.45) is 0 Å². The zero-order valence-corrected chi connectivity index (χ0v) is 13.2. The van der Waals surface area contributed by atoms with Crippen LogP contribution in [0.1, 0.15) is 28.4 Å². The highest BCUT2D eigenvalue weighted by Gasteiger charge is 2.15. The Balaban J connectivity index is 2.24. The summed E-state index contributed by atoms with van der Waals surface area (Å²) < 4.78 is 5.28. The van der Waals surface area contributed by atoms with Crippen LogP contribution < -0.4 is 0 Å². The van der Waals surface area contributed by atoms with Gasteiger partial charge in [0.05, 0.1) is 0 Å². The monoisotopic (exact) mass is 286 g/mol. The van der Waals surface area contributed by atoms with E-state index in [2.05, 4.69) is 62.4 Å². The van der Waals surface area contributed by atoms with Crippen LogP contribution in [0.15, 0.2) is 53.4 Å². The van der Waals surface area contributed by atoms with Crippen molar-refractivity contribution in [2.45, 2.75) is 30.4 Å². The molecule has 0 fully saturated rings. The van der Waals surface area contributed by atoms with Crippen LogP contribution in [0, 0.1) is 13.8 Å². The lowest BCUT2D eigenvalue weighted by Crippen LogP contribution is -2.00. The first-order valence-corrected chi connectivity index (χ1v) is 7.87. The third-order valence-electron chi connectivity index (χ3n) is 3.42. The summed E-state index contributed by atoms with van der Waals surface area (Å²) in [6, 6.07) is 17.2. The van der Waals surface area contributed by atoms with Gasteiger partial charge in [-0.3, -0.25) is 0 Å². The molecule has 0 N–H and O–H groups in total. The average Bonchev–Trinajstić information content (AvgIpc) is 2.47. The summed E-state index contributed by atoms with van der Waals surface area (Å²) in [5.74, 6) is 0. The third kappa shape index (κ3) is 3.87. The first-order chi connectivity index (χ1) is 9.72. The second-order valence-electron chi connectivity index (χ2n) is 5.02. The van der Waals surface area contributed by atoms with Gasteiger partial charge < -0.3 is 4.74 Å². The minimum atomic E-state index is 0.441. The summed E-state index contributed by atoms with van der Waals surface area (Å²) in [7, 11) is 1.77. The number of thioether (sulfide) groups is 1. The fourth-order valence-electron chi connectivity index (χ4n) is 2.31. The lowest BCUT2D eigenvalue weighted by atomic mass is 10.1. The predicted octanol–water partition coefficient (Wildman–Crippen LogP) is 5.17. The van der Waals surface area contributed by atoms with E-state index in [4.69, 9.17) is 4.74 Å². The summed E-state index contributed by atoms with van der Waals surface area (Å²) in [6.07, 6.45) is 1.03. The fourth-order valence-corrected chi connectivity index (χ4v) is 3.61. The van der Waals surface area contributed by atoms with E-state index < -0.39 is 0 Å². The van der Waals surface area contributed by atoms with Gasteiger partial charge in [0.2, 0.25) is 0 Å². The molecule has 0 bridgehead atoms. The van der Waals surface area contributed by atoms with Crippen LogP contribution in [0.5, 0.6) is 0 Å². The van der Waals surface area contributed by atoms with Crippen molar-refractivity contribution >= 4 is 11.8 Å². The number of ether oxygens (including phenoxy) is 1. The van der Waals surface area contributed by atoms with Gasteiger partial charge in [-0.05, 0) is 37.0 Å². The molecule has 2 aromatic carbocycles. The molecule has 2 rings (SSSR count). The Labute approximate surface area is 126 Å². The molecule has 2 aromatic rings. The maximum atomic E-state index is 5.28. The van der Waals surface area contributed by atoms with Crippen LogP contribution in [0.3, 0.4) is 0 Å². The summed E-state index contributed by atoms with van der Waals surface area (Å²) in [5.41, 5.74) is 4.08. The van der Waals surface area contributed by atoms with Crippen LogP contribution in [0.2, 0.25) is 0 Å². The first-order valence-electron chi connectivity index (χ1n) is 6.99. The van der Waals surface area contributed by atoms with E-state index in [1.807, 2.05) is 11.8 Å². The molecule has 0 amide bonds. The molecule has 0 saturated carbocycles. The quantitative estimate of drug-likeness (QED) is 0.677. The largest absolute Gasteiger partial charge is 0.385 e. The van der Waals surface area contributed by atoms with Gasteiger partial charge in [0.1, 0.15) is 0 Å².